The van der Waals surface area contributed by atoms with Gasteiger partial charge in [-0.05, 0) is 29.2 Å². The van der Waals surface area contributed by atoms with Crippen LogP contribution in [0.5, 0.6) is 0 Å². The van der Waals surface area contributed by atoms with Crippen LogP contribution in [-0.4, -0.2) is 55.5 Å². The first-order valence-electron chi connectivity index (χ1n) is 9.98. The van der Waals surface area contributed by atoms with Crippen molar-refractivity contribution in [1.29, 1.82) is 0 Å². The summed E-state index contributed by atoms with van der Waals surface area (Å²) in [7, 11) is 1.35. The summed E-state index contributed by atoms with van der Waals surface area (Å²) in [6.45, 7) is 1.38. The van der Waals surface area contributed by atoms with Crippen LogP contribution in [0.1, 0.15) is 30.4 Å². The second kappa shape index (κ2) is 9.61. The lowest BCUT2D eigenvalue weighted by atomic mass is 9.98. The molecule has 0 fully saturated rings. The number of carboxylic acid groups (broad SMARTS) is 1. The van der Waals surface area contributed by atoms with Gasteiger partial charge in [0.15, 0.2) is 5.54 Å². The van der Waals surface area contributed by atoms with Crippen LogP contribution in [0.15, 0.2) is 48.5 Å². The number of carbonyl (C=O) groups excluding carboxylic acids is 2. The van der Waals surface area contributed by atoms with E-state index >= 15 is 0 Å². The number of hydrogen-bond acceptors (Lipinski definition) is 5. The standard InChI is InChI=1S/C23H26N2O6/c1-23(14-30-2,21(27)28)25-20(26)11-12-24-22(29)31-13-19-17-9-5-3-7-15(17)16-8-4-6-10-18(16)19/h3-10,19H,11-14H2,1-2H3,(H,24,29)(H,25,26)(H,27,28). The van der Waals surface area contributed by atoms with Crippen molar-refractivity contribution in [3.8, 4) is 11.1 Å². The summed E-state index contributed by atoms with van der Waals surface area (Å²) in [5.74, 6) is -1.76. The maximum Gasteiger partial charge on any atom is 0.407 e. The van der Waals surface area contributed by atoms with E-state index in [0.29, 0.717) is 0 Å². The number of hydrogen-bond donors (Lipinski definition) is 3. The molecule has 1 atom stereocenters. The molecule has 2 aromatic carbocycles. The number of methoxy groups -OCH3 is 1. The SMILES string of the molecule is COCC(C)(NC(=O)CCNC(=O)OCC1c2ccccc2-c2ccccc21)C(=O)O. The molecule has 0 radical (unpaired) electrons. The van der Waals surface area contributed by atoms with E-state index in [0.717, 1.165) is 22.3 Å². The van der Waals surface area contributed by atoms with Crippen molar-refractivity contribution in [1.82, 2.24) is 10.6 Å². The molecule has 0 aromatic heterocycles. The van der Waals surface area contributed by atoms with E-state index in [2.05, 4.69) is 22.8 Å². The van der Waals surface area contributed by atoms with Crippen LogP contribution < -0.4 is 10.6 Å². The maximum absolute atomic E-state index is 12.1. The molecule has 3 N–H and O–H groups in total. The highest BCUT2D eigenvalue weighted by molar-refractivity contribution is 5.87. The van der Waals surface area contributed by atoms with Crippen molar-refractivity contribution in [3.05, 3.63) is 59.7 Å². The molecule has 1 unspecified atom stereocenters. The minimum Gasteiger partial charge on any atom is -0.479 e. The number of rotatable bonds is 9. The normalized spacial score (nSPS) is 14.1. The van der Waals surface area contributed by atoms with E-state index < -0.39 is 23.5 Å². The smallest absolute Gasteiger partial charge is 0.407 e. The van der Waals surface area contributed by atoms with Crippen LogP contribution in [0, 0.1) is 0 Å². The Morgan fingerprint density at radius 3 is 2.16 bits per heavy atom. The lowest BCUT2D eigenvalue weighted by Crippen LogP contribution is -2.55. The number of carboxylic acids is 1. The average molecular weight is 426 g/mol. The Morgan fingerprint density at radius 2 is 1.61 bits per heavy atom. The highest BCUT2D eigenvalue weighted by Crippen LogP contribution is 2.44. The maximum atomic E-state index is 12.1. The summed E-state index contributed by atoms with van der Waals surface area (Å²) in [6, 6.07) is 16.1. The van der Waals surface area contributed by atoms with Gasteiger partial charge in [-0.3, -0.25) is 4.79 Å². The lowest BCUT2D eigenvalue weighted by molar-refractivity contribution is -0.149. The molecular formula is C23H26N2O6. The quantitative estimate of drug-likeness (QED) is 0.568. The number of aliphatic carboxylic acids is 1. The van der Waals surface area contributed by atoms with E-state index in [1.807, 2.05) is 36.4 Å². The third-order valence-electron chi connectivity index (χ3n) is 5.29. The molecule has 0 aliphatic heterocycles. The molecule has 164 valence electrons. The fourth-order valence-electron chi connectivity index (χ4n) is 3.74. The van der Waals surface area contributed by atoms with Crippen LogP contribution in [0.25, 0.3) is 11.1 Å². The fraction of sp³-hybridized carbons (Fsp3) is 0.348. The number of nitrogens with one attached hydrogen (secondary N) is 2. The first kappa shape index (κ1) is 22.3. The Hall–Kier alpha value is -3.39. The molecule has 0 spiro atoms. The Bertz CT molecular complexity index is 931. The molecule has 2 aromatic rings. The van der Waals surface area contributed by atoms with E-state index in [4.69, 9.17) is 9.47 Å². The van der Waals surface area contributed by atoms with E-state index in [1.54, 1.807) is 0 Å². The van der Waals surface area contributed by atoms with Gasteiger partial charge < -0.3 is 25.2 Å². The fourth-order valence-corrected chi connectivity index (χ4v) is 3.74. The predicted octanol–water partition coefficient (Wildman–Crippen LogP) is 2.52. The van der Waals surface area contributed by atoms with Gasteiger partial charge in [0.2, 0.25) is 5.91 Å². The van der Waals surface area contributed by atoms with Crippen molar-refractivity contribution in [2.24, 2.45) is 0 Å². The van der Waals surface area contributed by atoms with Gasteiger partial charge in [-0.15, -0.1) is 0 Å². The first-order valence-corrected chi connectivity index (χ1v) is 9.98. The number of benzene rings is 2. The van der Waals surface area contributed by atoms with Gasteiger partial charge >= 0.3 is 12.1 Å². The van der Waals surface area contributed by atoms with Crippen LogP contribution in [0.3, 0.4) is 0 Å². The average Bonchev–Trinajstić information content (AvgIpc) is 3.06. The summed E-state index contributed by atoms with van der Waals surface area (Å²) in [4.78, 5) is 35.5. The molecule has 1 aliphatic carbocycles. The molecule has 31 heavy (non-hydrogen) atoms. The number of ether oxygens (including phenoxy) is 2. The molecule has 1 aliphatic rings. The van der Waals surface area contributed by atoms with Crippen molar-refractivity contribution < 1.29 is 29.0 Å². The molecule has 0 bridgehead atoms. The Morgan fingerprint density at radius 1 is 1.03 bits per heavy atom. The predicted molar refractivity (Wildman–Crippen MR) is 114 cm³/mol. The highest BCUT2D eigenvalue weighted by Gasteiger charge is 2.35. The molecule has 0 heterocycles. The molecule has 8 heteroatoms. The third-order valence-corrected chi connectivity index (χ3v) is 5.29. The second-order valence-corrected chi connectivity index (χ2v) is 7.62. The Kier molecular flexibility index (Phi) is 6.91. The molecule has 0 saturated carbocycles. The summed E-state index contributed by atoms with van der Waals surface area (Å²) in [6.07, 6.45) is -0.718. The number of carbonyl (C=O) groups is 3. The van der Waals surface area contributed by atoms with Gasteiger partial charge in [-0.1, -0.05) is 48.5 Å². The summed E-state index contributed by atoms with van der Waals surface area (Å²) >= 11 is 0. The minimum atomic E-state index is -1.53. The van der Waals surface area contributed by atoms with Crippen LogP contribution >= 0.6 is 0 Å². The summed E-state index contributed by atoms with van der Waals surface area (Å²) in [5.41, 5.74) is 2.97. The van der Waals surface area contributed by atoms with Crippen molar-refractivity contribution in [3.63, 3.8) is 0 Å². The molecule has 3 rings (SSSR count). The zero-order valence-electron chi connectivity index (χ0n) is 17.5. The zero-order valence-corrected chi connectivity index (χ0v) is 17.5. The van der Waals surface area contributed by atoms with Crippen molar-refractivity contribution in [2.75, 3.05) is 26.9 Å². The minimum absolute atomic E-state index is 0.0190. The first-order chi connectivity index (χ1) is 14.9. The molecule has 8 nitrogen and oxygen atoms in total. The number of amides is 2. The highest BCUT2D eigenvalue weighted by atomic mass is 16.5. The van der Waals surface area contributed by atoms with Gasteiger partial charge in [0.25, 0.3) is 0 Å². The van der Waals surface area contributed by atoms with E-state index in [1.165, 1.54) is 14.0 Å². The number of fused-ring (bicyclic) bond motifs is 3. The van der Waals surface area contributed by atoms with Gasteiger partial charge in [0, 0.05) is 26.0 Å². The van der Waals surface area contributed by atoms with E-state index in [-0.39, 0.29) is 32.1 Å². The van der Waals surface area contributed by atoms with Crippen LogP contribution in [0.4, 0.5) is 4.79 Å². The largest absolute Gasteiger partial charge is 0.479 e. The lowest BCUT2D eigenvalue weighted by Gasteiger charge is -2.25. The third kappa shape index (κ3) is 5.03. The topological polar surface area (TPSA) is 114 Å². The van der Waals surface area contributed by atoms with Gasteiger partial charge in [-0.25, -0.2) is 9.59 Å². The summed E-state index contributed by atoms with van der Waals surface area (Å²) in [5, 5.41) is 14.2. The van der Waals surface area contributed by atoms with Crippen LogP contribution in [-0.2, 0) is 19.1 Å². The van der Waals surface area contributed by atoms with Crippen molar-refractivity contribution >= 4 is 18.0 Å². The molecular weight excluding hydrogens is 400 g/mol. The Balaban J connectivity index is 1.49. The Labute approximate surface area is 180 Å². The summed E-state index contributed by atoms with van der Waals surface area (Å²) < 4.78 is 10.3. The monoisotopic (exact) mass is 426 g/mol. The van der Waals surface area contributed by atoms with E-state index in [9.17, 15) is 19.5 Å². The molecule has 0 saturated heterocycles. The zero-order chi connectivity index (χ0) is 22.4. The van der Waals surface area contributed by atoms with Crippen molar-refractivity contribution in [2.45, 2.75) is 24.8 Å². The number of alkyl carbamates (subject to hydrolysis) is 1. The van der Waals surface area contributed by atoms with Gasteiger partial charge in [-0.2, -0.15) is 0 Å². The van der Waals surface area contributed by atoms with Gasteiger partial charge in [0.05, 0.1) is 6.61 Å². The molecule has 2 amide bonds. The van der Waals surface area contributed by atoms with Crippen LogP contribution in [0.2, 0.25) is 0 Å². The second-order valence-electron chi connectivity index (χ2n) is 7.62. The van der Waals surface area contributed by atoms with Gasteiger partial charge in [0.1, 0.15) is 6.61 Å².